The second-order valence-corrected chi connectivity index (χ2v) is 7.22. The number of ether oxygens (including phenoxy) is 1. The lowest BCUT2D eigenvalue weighted by molar-refractivity contribution is 0.0811. The standard InChI is InChI=1S/C23H24N2O2/c1-27-22-7-6-18-13-20(5-4-19(18)14-22)23(26)21-3-2-12-25(16-21)15-17-8-10-24-11-9-17/h4-11,13-14,21H,2-3,12,15-16H2,1H3. The van der Waals surface area contributed by atoms with Crippen LogP contribution in [0, 0.1) is 5.92 Å². The van der Waals surface area contributed by atoms with E-state index >= 15 is 0 Å². The van der Waals surface area contributed by atoms with Crippen LogP contribution in [0.3, 0.4) is 0 Å². The lowest BCUT2D eigenvalue weighted by atomic mass is 9.89. The number of likely N-dealkylation sites (tertiary alicyclic amines) is 1. The number of pyridine rings is 1. The Morgan fingerprint density at radius 2 is 1.89 bits per heavy atom. The van der Waals surface area contributed by atoms with E-state index in [-0.39, 0.29) is 11.7 Å². The molecule has 0 saturated carbocycles. The van der Waals surface area contributed by atoms with Crippen LogP contribution in [0.25, 0.3) is 10.8 Å². The van der Waals surface area contributed by atoms with E-state index < -0.39 is 0 Å². The molecule has 1 atom stereocenters. The normalized spacial score (nSPS) is 17.7. The summed E-state index contributed by atoms with van der Waals surface area (Å²) in [4.78, 5) is 19.6. The summed E-state index contributed by atoms with van der Waals surface area (Å²) in [5, 5.41) is 2.17. The SMILES string of the molecule is COc1ccc2cc(C(=O)C3CCCN(Cc4ccncc4)C3)ccc2c1. The van der Waals surface area contributed by atoms with Crippen LogP contribution in [0.1, 0.15) is 28.8 Å². The number of nitrogens with zero attached hydrogens (tertiary/aromatic N) is 2. The van der Waals surface area contributed by atoms with Crippen molar-refractivity contribution < 1.29 is 9.53 Å². The second-order valence-electron chi connectivity index (χ2n) is 7.22. The maximum absolute atomic E-state index is 13.1. The van der Waals surface area contributed by atoms with Crippen molar-refractivity contribution >= 4 is 16.6 Å². The Balaban J connectivity index is 1.49. The number of ketones is 1. The third kappa shape index (κ3) is 4.01. The molecule has 2 aromatic carbocycles. The Kier molecular flexibility index (Phi) is 5.16. The first-order valence-corrected chi connectivity index (χ1v) is 9.46. The molecule has 138 valence electrons. The number of hydrogen-bond acceptors (Lipinski definition) is 4. The van der Waals surface area contributed by atoms with Crippen molar-refractivity contribution in [2.45, 2.75) is 19.4 Å². The fourth-order valence-corrected chi connectivity index (χ4v) is 3.90. The van der Waals surface area contributed by atoms with E-state index in [2.05, 4.69) is 9.88 Å². The summed E-state index contributed by atoms with van der Waals surface area (Å²) < 4.78 is 5.28. The highest BCUT2D eigenvalue weighted by Crippen LogP contribution is 2.26. The van der Waals surface area contributed by atoms with Crippen molar-refractivity contribution in [2.24, 2.45) is 5.92 Å². The number of fused-ring (bicyclic) bond motifs is 1. The Labute approximate surface area is 159 Å². The van der Waals surface area contributed by atoms with Gasteiger partial charge in [0.25, 0.3) is 0 Å². The Morgan fingerprint density at radius 1 is 1.11 bits per heavy atom. The van der Waals surface area contributed by atoms with Gasteiger partial charge in [-0.15, -0.1) is 0 Å². The number of aromatic nitrogens is 1. The average molecular weight is 360 g/mol. The van der Waals surface area contributed by atoms with Crippen LogP contribution in [-0.2, 0) is 6.54 Å². The van der Waals surface area contributed by atoms with E-state index in [9.17, 15) is 4.79 Å². The summed E-state index contributed by atoms with van der Waals surface area (Å²) in [6.07, 6.45) is 5.68. The van der Waals surface area contributed by atoms with E-state index in [1.165, 1.54) is 5.56 Å². The van der Waals surface area contributed by atoms with Gasteiger partial charge < -0.3 is 4.74 Å². The topological polar surface area (TPSA) is 42.4 Å². The van der Waals surface area contributed by atoms with Crippen molar-refractivity contribution in [3.63, 3.8) is 0 Å². The molecule has 2 heterocycles. The number of benzene rings is 2. The molecule has 1 unspecified atom stereocenters. The summed E-state index contributed by atoms with van der Waals surface area (Å²) >= 11 is 0. The zero-order valence-corrected chi connectivity index (χ0v) is 15.6. The van der Waals surface area contributed by atoms with Crippen LogP contribution in [0.15, 0.2) is 60.9 Å². The van der Waals surface area contributed by atoms with Gasteiger partial charge in [0.2, 0.25) is 0 Å². The third-order valence-corrected chi connectivity index (χ3v) is 5.36. The highest BCUT2D eigenvalue weighted by molar-refractivity contribution is 6.01. The predicted molar refractivity (Wildman–Crippen MR) is 107 cm³/mol. The molecular weight excluding hydrogens is 336 g/mol. The number of hydrogen-bond donors (Lipinski definition) is 0. The van der Waals surface area contributed by atoms with Crippen LogP contribution in [0.5, 0.6) is 5.75 Å². The number of piperidine rings is 1. The Bertz CT molecular complexity index is 940. The number of Topliss-reactive ketones (excluding diaryl/α,β-unsaturated/α-hetero) is 1. The molecule has 0 bridgehead atoms. The van der Waals surface area contributed by atoms with Crippen molar-refractivity contribution in [2.75, 3.05) is 20.2 Å². The molecule has 1 aromatic heterocycles. The molecule has 3 aromatic rings. The first kappa shape index (κ1) is 17.7. The maximum Gasteiger partial charge on any atom is 0.167 e. The number of carbonyl (C=O) groups is 1. The fourth-order valence-electron chi connectivity index (χ4n) is 3.90. The lowest BCUT2D eigenvalue weighted by Gasteiger charge is -2.32. The highest BCUT2D eigenvalue weighted by atomic mass is 16.5. The summed E-state index contributed by atoms with van der Waals surface area (Å²) in [5.74, 6) is 1.16. The molecule has 0 aliphatic carbocycles. The second kappa shape index (κ2) is 7.89. The van der Waals surface area contributed by atoms with E-state index in [0.717, 1.165) is 54.6 Å². The number of carbonyl (C=O) groups excluding carboxylic acids is 1. The van der Waals surface area contributed by atoms with Crippen LogP contribution >= 0.6 is 0 Å². The minimum atomic E-state index is 0.0660. The lowest BCUT2D eigenvalue weighted by Crippen LogP contribution is -2.38. The summed E-state index contributed by atoms with van der Waals surface area (Å²) in [5.41, 5.74) is 2.06. The fraction of sp³-hybridized carbons (Fsp3) is 0.304. The van der Waals surface area contributed by atoms with Gasteiger partial charge >= 0.3 is 0 Å². The summed E-state index contributed by atoms with van der Waals surface area (Å²) in [6, 6.07) is 16.0. The Hall–Kier alpha value is -2.72. The molecule has 4 heteroatoms. The average Bonchev–Trinajstić information content (AvgIpc) is 2.73. The van der Waals surface area contributed by atoms with Crippen molar-refractivity contribution in [3.8, 4) is 5.75 Å². The van der Waals surface area contributed by atoms with Gasteiger partial charge in [-0.25, -0.2) is 0 Å². The van der Waals surface area contributed by atoms with Crippen LogP contribution in [0.4, 0.5) is 0 Å². The van der Waals surface area contributed by atoms with Gasteiger partial charge in [-0.3, -0.25) is 14.7 Å². The molecule has 4 rings (SSSR count). The zero-order chi connectivity index (χ0) is 18.6. The quantitative estimate of drug-likeness (QED) is 0.635. The van der Waals surface area contributed by atoms with Crippen LogP contribution in [-0.4, -0.2) is 35.9 Å². The molecule has 1 aliphatic heterocycles. The molecule has 1 saturated heterocycles. The van der Waals surface area contributed by atoms with Gasteiger partial charge in [-0.2, -0.15) is 0 Å². The third-order valence-electron chi connectivity index (χ3n) is 5.36. The van der Waals surface area contributed by atoms with Crippen LogP contribution in [0.2, 0.25) is 0 Å². The highest BCUT2D eigenvalue weighted by Gasteiger charge is 2.26. The monoisotopic (exact) mass is 360 g/mol. The van der Waals surface area contributed by atoms with E-state index in [0.29, 0.717) is 0 Å². The van der Waals surface area contributed by atoms with E-state index in [1.54, 1.807) is 7.11 Å². The van der Waals surface area contributed by atoms with Gasteiger partial charge in [0, 0.05) is 37.0 Å². The molecular formula is C23H24N2O2. The van der Waals surface area contributed by atoms with Gasteiger partial charge in [0.1, 0.15) is 5.75 Å². The zero-order valence-electron chi connectivity index (χ0n) is 15.6. The molecule has 0 amide bonds. The van der Waals surface area contributed by atoms with Crippen LogP contribution < -0.4 is 4.74 Å². The number of methoxy groups -OCH3 is 1. The van der Waals surface area contributed by atoms with Gasteiger partial charge in [0.05, 0.1) is 7.11 Å². The molecule has 0 N–H and O–H groups in total. The molecule has 1 aliphatic rings. The van der Waals surface area contributed by atoms with E-state index in [1.807, 2.05) is 60.9 Å². The van der Waals surface area contributed by atoms with Gasteiger partial charge in [0.15, 0.2) is 5.78 Å². The molecule has 4 nitrogen and oxygen atoms in total. The molecule has 27 heavy (non-hydrogen) atoms. The van der Waals surface area contributed by atoms with Crippen molar-refractivity contribution in [1.82, 2.24) is 9.88 Å². The van der Waals surface area contributed by atoms with E-state index in [4.69, 9.17) is 4.74 Å². The minimum absolute atomic E-state index is 0.0660. The van der Waals surface area contributed by atoms with Gasteiger partial charge in [-0.05, 0) is 66.1 Å². The largest absolute Gasteiger partial charge is 0.497 e. The minimum Gasteiger partial charge on any atom is -0.497 e. The Morgan fingerprint density at radius 3 is 2.70 bits per heavy atom. The number of rotatable bonds is 5. The smallest absolute Gasteiger partial charge is 0.167 e. The van der Waals surface area contributed by atoms with Crippen molar-refractivity contribution in [1.29, 1.82) is 0 Å². The first-order chi connectivity index (χ1) is 13.2. The first-order valence-electron chi connectivity index (χ1n) is 9.46. The van der Waals surface area contributed by atoms with Gasteiger partial charge in [-0.1, -0.05) is 18.2 Å². The molecule has 0 spiro atoms. The maximum atomic E-state index is 13.1. The van der Waals surface area contributed by atoms with Crippen molar-refractivity contribution in [3.05, 3.63) is 72.1 Å². The predicted octanol–water partition coefficient (Wildman–Crippen LogP) is 4.34. The summed E-state index contributed by atoms with van der Waals surface area (Å²) in [7, 11) is 1.67. The summed E-state index contributed by atoms with van der Waals surface area (Å²) in [6.45, 7) is 2.75. The molecule has 0 radical (unpaired) electrons. The molecule has 1 fully saturated rings.